The number of rotatable bonds is 3. The van der Waals surface area contributed by atoms with Gasteiger partial charge in [0, 0.05) is 12.7 Å². The Labute approximate surface area is 122 Å². The molecule has 2 atom stereocenters. The minimum absolute atomic E-state index is 0.128. The Morgan fingerprint density at radius 3 is 2.90 bits per heavy atom. The van der Waals surface area contributed by atoms with Gasteiger partial charge < -0.3 is 5.11 Å². The summed E-state index contributed by atoms with van der Waals surface area (Å²) in [4.78, 5) is 14.9. The molecule has 2 rings (SSSR count). The Morgan fingerprint density at radius 1 is 1.57 bits per heavy atom. The Kier molecular flexibility index (Phi) is 4.25. The van der Waals surface area contributed by atoms with Crippen LogP contribution >= 0.6 is 0 Å². The molecule has 1 saturated heterocycles. The second-order valence-corrected chi connectivity index (χ2v) is 6.84. The second-order valence-electron chi connectivity index (χ2n) is 4.98. The molecule has 0 spiro atoms. The number of carboxylic acid groups (broad SMARTS) is 1. The predicted octanol–water partition coefficient (Wildman–Crippen LogP) is 0.827. The van der Waals surface area contributed by atoms with E-state index >= 15 is 0 Å². The summed E-state index contributed by atoms with van der Waals surface area (Å²) in [7, 11) is -4.06. The van der Waals surface area contributed by atoms with Gasteiger partial charge in [-0.2, -0.15) is 9.57 Å². The fourth-order valence-electron chi connectivity index (χ4n) is 2.60. The monoisotopic (exact) mass is 309 g/mol. The molecule has 2 heterocycles. The first-order valence-corrected chi connectivity index (χ1v) is 7.93. The van der Waals surface area contributed by atoms with E-state index in [2.05, 4.69) is 4.98 Å². The molecule has 1 fully saturated rings. The maximum Gasteiger partial charge on any atom is 0.322 e. The van der Waals surface area contributed by atoms with Crippen molar-refractivity contribution in [1.29, 1.82) is 5.26 Å². The number of hydrogen-bond donors (Lipinski definition) is 1. The van der Waals surface area contributed by atoms with Crippen LogP contribution in [0.3, 0.4) is 0 Å². The van der Waals surface area contributed by atoms with Crippen molar-refractivity contribution in [2.24, 2.45) is 5.92 Å². The molecule has 1 aliphatic rings. The quantitative estimate of drug-likeness (QED) is 0.885. The number of aromatic nitrogens is 1. The molecule has 8 heteroatoms. The number of nitriles is 1. The van der Waals surface area contributed by atoms with Crippen LogP contribution in [-0.4, -0.2) is 41.4 Å². The van der Waals surface area contributed by atoms with E-state index in [0.717, 1.165) is 4.31 Å². The summed E-state index contributed by atoms with van der Waals surface area (Å²) in [5.74, 6) is -1.46. The molecule has 0 bridgehead atoms. The van der Waals surface area contributed by atoms with Crippen molar-refractivity contribution < 1.29 is 18.3 Å². The van der Waals surface area contributed by atoms with Crippen LogP contribution in [0.2, 0.25) is 0 Å². The van der Waals surface area contributed by atoms with Gasteiger partial charge in [0.25, 0.3) is 0 Å². The van der Waals surface area contributed by atoms with Crippen LogP contribution in [0.4, 0.5) is 0 Å². The molecule has 0 saturated carbocycles. The smallest absolute Gasteiger partial charge is 0.322 e. The van der Waals surface area contributed by atoms with Gasteiger partial charge in [0.05, 0.1) is 0 Å². The SMILES string of the molecule is CC1CCCN(S(=O)(=O)c2cccnc2C#N)C1C(=O)O. The zero-order chi connectivity index (χ0) is 15.6. The van der Waals surface area contributed by atoms with Gasteiger partial charge >= 0.3 is 5.97 Å². The Morgan fingerprint density at radius 2 is 2.29 bits per heavy atom. The molecular weight excluding hydrogens is 294 g/mol. The van der Waals surface area contributed by atoms with E-state index in [0.29, 0.717) is 12.8 Å². The van der Waals surface area contributed by atoms with Gasteiger partial charge in [-0.15, -0.1) is 0 Å². The van der Waals surface area contributed by atoms with Gasteiger partial charge in [-0.3, -0.25) is 4.79 Å². The molecule has 1 aromatic rings. The van der Waals surface area contributed by atoms with E-state index in [9.17, 15) is 18.3 Å². The van der Waals surface area contributed by atoms with E-state index in [1.165, 1.54) is 18.3 Å². The van der Waals surface area contributed by atoms with Gasteiger partial charge in [0.15, 0.2) is 5.69 Å². The minimum atomic E-state index is -4.06. The van der Waals surface area contributed by atoms with Crippen molar-refractivity contribution in [3.8, 4) is 6.07 Å². The molecule has 0 aliphatic carbocycles. The van der Waals surface area contributed by atoms with Crippen molar-refractivity contribution in [3.05, 3.63) is 24.0 Å². The summed E-state index contributed by atoms with van der Waals surface area (Å²) in [5.41, 5.74) is -0.222. The van der Waals surface area contributed by atoms with E-state index in [1.54, 1.807) is 13.0 Å². The first-order chi connectivity index (χ1) is 9.89. The number of nitrogens with zero attached hydrogens (tertiary/aromatic N) is 3. The zero-order valence-electron chi connectivity index (χ0n) is 11.4. The van der Waals surface area contributed by atoms with Crippen LogP contribution in [-0.2, 0) is 14.8 Å². The van der Waals surface area contributed by atoms with Crippen LogP contribution in [0.5, 0.6) is 0 Å². The number of carbonyl (C=O) groups is 1. The molecule has 1 aliphatic heterocycles. The molecule has 2 unspecified atom stereocenters. The standard InChI is InChI=1S/C13H15N3O4S/c1-9-4-3-7-16(12(9)13(17)18)21(19,20)11-5-2-6-15-10(11)8-14/h2,5-6,9,12H,3-4,7H2,1H3,(H,17,18). The molecular formula is C13H15N3O4S. The van der Waals surface area contributed by atoms with Crippen LogP contribution in [0.25, 0.3) is 0 Å². The fraction of sp³-hybridized carbons (Fsp3) is 0.462. The summed E-state index contributed by atoms with van der Waals surface area (Å²) < 4.78 is 26.4. The van der Waals surface area contributed by atoms with Gasteiger partial charge in [0.2, 0.25) is 10.0 Å². The maximum atomic E-state index is 12.7. The summed E-state index contributed by atoms with van der Waals surface area (Å²) in [6.45, 7) is 1.85. The lowest BCUT2D eigenvalue weighted by molar-refractivity contribution is -0.144. The number of piperidine rings is 1. The van der Waals surface area contributed by atoms with Crippen molar-refractivity contribution in [2.45, 2.75) is 30.7 Å². The number of pyridine rings is 1. The molecule has 7 nitrogen and oxygen atoms in total. The Hall–Kier alpha value is -1.98. The highest BCUT2D eigenvalue weighted by Crippen LogP contribution is 2.30. The van der Waals surface area contributed by atoms with Crippen LogP contribution < -0.4 is 0 Å². The van der Waals surface area contributed by atoms with Crippen molar-refractivity contribution in [1.82, 2.24) is 9.29 Å². The van der Waals surface area contributed by atoms with E-state index in [1.807, 2.05) is 0 Å². The summed E-state index contributed by atoms with van der Waals surface area (Å²) >= 11 is 0. The lowest BCUT2D eigenvalue weighted by Crippen LogP contribution is -2.51. The normalized spacial score (nSPS) is 23.4. The zero-order valence-corrected chi connectivity index (χ0v) is 12.2. The third-order valence-corrected chi connectivity index (χ3v) is 5.52. The summed E-state index contributed by atoms with van der Waals surface area (Å²) in [6, 6.07) is 3.31. The predicted molar refractivity (Wildman–Crippen MR) is 72.7 cm³/mol. The second kappa shape index (κ2) is 5.79. The molecule has 21 heavy (non-hydrogen) atoms. The van der Waals surface area contributed by atoms with Crippen LogP contribution in [0, 0.1) is 17.2 Å². The number of sulfonamides is 1. The highest BCUT2D eigenvalue weighted by Gasteiger charge is 2.42. The third kappa shape index (κ3) is 2.75. The summed E-state index contributed by atoms with van der Waals surface area (Å²) in [6.07, 6.45) is 2.57. The van der Waals surface area contributed by atoms with Crippen LogP contribution in [0.15, 0.2) is 23.2 Å². The van der Waals surface area contributed by atoms with Crippen molar-refractivity contribution >= 4 is 16.0 Å². The largest absolute Gasteiger partial charge is 0.480 e. The minimum Gasteiger partial charge on any atom is -0.480 e. The highest BCUT2D eigenvalue weighted by atomic mass is 32.2. The Bertz CT molecular complexity index is 696. The first-order valence-electron chi connectivity index (χ1n) is 6.49. The lowest BCUT2D eigenvalue weighted by Gasteiger charge is -2.36. The molecule has 112 valence electrons. The van der Waals surface area contributed by atoms with E-state index in [4.69, 9.17) is 5.26 Å². The van der Waals surface area contributed by atoms with Crippen molar-refractivity contribution in [3.63, 3.8) is 0 Å². The van der Waals surface area contributed by atoms with E-state index in [-0.39, 0.29) is 23.1 Å². The fourth-order valence-corrected chi connectivity index (χ4v) is 4.41. The first kappa shape index (κ1) is 15.4. The lowest BCUT2D eigenvalue weighted by atomic mass is 9.93. The molecule has 1 N–H and O–H groups in total. The number of carboxylic acids is 1. The number of aliphatic carboxylic acids is 1. The average Bonchev–Trinajstić information content (AvgIpc) is 2.46. The van der Waals surface area contributed by atoms with E-state index < -0.39 is 22.0 Å². The van der Waals surface area contributed by atoms with Gasteiger partial charge in [-0.1, -0.05) is 6.92 Å². The van der Waals surface area contributed by atoms with Gasteiger partial charge in [-0.25, -0.2) is 13.4 Å². The topological polar surface area (TPSA) is 111 Å². The summed E-state index contributed by atoms with van der Waals surface area (Å²) in [5, 5.41) is 18.3. The molecule has 0 amide bonds. The molecule has 0 radical (unpaired) electrons. The number of hydrogen-bond acceptors (Lipinski definition) is 5. The van der Waals surface area contributed by atoms with Gasteiger partial charge in [0.1, 0.15) is 17.0 Å². The highest BCUT2D eigenvalue weighted by molar-refractivity contribution is 7.89. The molecule has 1 aromatic heterocycles. The van der Waals surface area contributed by atoms with Crippen molar-refractivity contribution in [2.75, 3.05) is 6.54 Å². The molecule has 0 aromatic carbocycles. The third-order valence-electron chi connectivity index (χ3n) is 3.60. The van der Waals surface area contributed by atoms with Gasteiger partial charge in [-0.05, 0) is 30.9 Å². The Balaban J connectivity index is 2.52. The average molecular weight is 309 g/mol. The van der Waals surface area contributed by atoms with Crippen LogP contribution in [0.1, 0.15) is 25.5 Å². The maximum absolute atomic E-state index is 12.7.